The molecule has 1 aromatic heterocycles. The van der Waals surface area contributed by atoms with Crippen LogP contribution in [0, 0.1) is 11.2 Å². The number of aromatic nitrogens is 2. The first-order valence-corrected chi connectivity index (χ1v) is 15.0. The van der Waals surface area contributed by atoms with Crippen LogP contribution >= 0.6 is 15.9 Å². The highest BCUT2D eigenvalue weighted by Crippen LogP contribution is 2.52. The first kappa shape index (κ1) is 29.5. The largest absolute Gasteiger partial charge is 0.347 e. The zero-order valence-electron chi connectivity index (χ0n) is 24.0. The van der Waals surface area contributed by atoms with Crippen molar-refractivity contribution in [1.29, 1.82) is 0 Å². The van der Waals surface area contributed by atoms with Gasteiger partial charge in [0.25, 0.3) is 0 Å². The summed E-state index contributed by atoms with van der Waals surface area (Å²) < 4.78 is 14.0. The minimum Gasteiger partial charge on any atom is -0.347 e. The van der Waals surface area contributed by atoms with Gasteiger partial charge < -0.3 is 9.88 Å². The van der Waals surface area contributed by atoms with E-state index in [1.165, 1.54) is 12.1 Å². The summed E-state index contributed by atoms with van der Waals surface area (Å²) in [5.74, 6) is -0.388. The summed E-state index contributed by atoms with van der Waals surface area (Å²) in [5.41, 5.74) is 3.48. The van der Waals surface area contributed by atoms with E-state index in [9.17, 15) is 9.18 Å². The Morgan fingerprint density at radius 2 is 1.29 bits per heavy atom. The van der Waals surface area contributed by atoms with Gasteiger partial charge in [-0.1, -0.05) is 140 Å². The number of hydrogen-bond acceptors (Lipinski definition) is 2. The summed E-state index contributed by atoms with van der Waals surface area (Å²) >= 11 is 3.78. The van der Waals surface area contributed by atoms with Gasteiger partial charge >= 0.3 is 0 Å². The van der Waals surface area contributed by atoms with Gasteiger partial charge in [-0.2, -0.15) is 0 Å². The summed E-state index contributed by atoms with van der Waals surface area (Å²) in [4.78, 5) is 24.1. The molecule has 1 heterocycles. The number of benzene rings is 4. The zero-order valence-corrected chi connectivity index (χ0v) is 25.6. The smallest absolute Gasteiger partial charge is 0.237 e. The van der Waals surface area contributed by atoms with Gasteiger partial charge in [-0.3, -0.25) is 4.79 Å². The van der Waals surface area contributed by atoms with Crippen molar-refractivity contribution in [2.45, 2.75) is 43.6 Å². The maximum absolute atomic E-state index is 14.8. The molecule has 214 valence electrons. The van der Waals surface area contributed by atoms with Crippen molar-refractivity contribution in [2.24, 2.45) is 5.41 Å². The van der Waals surface area contributed by atoms with E-state index in [4.69, 9.17) is 0 Å². The topological polar surface area (TPSA) is 49.0 Å². The molecular weight excluding hydrogens is 589 g/mol. The van der Waals surface area contributed by atoms with Crippen LogP contribution in [0.1, 0.15) is 54.8 Å². The number of carbonyl (C=O) groups is 1. The zero-order chi connectivity index (χ0) is 29.7. The van der Waals surface area contributed by atoms with Crippen molar-refractivity contribution in [3.05, 3.63) is 162 Å². The SMILES string of the molecule is CC(C)(C)C(Br)C(=O)N(Cc1ccc(F)cc1)C(c1cnc[nH]1)C(c1ccccc1)(c1ccccc1)c1ccccc1. The van der Waals surface area contributed by atoms with E-state index >= 15 is 0 Å². The van der Waals surface area contributed by atoms with Gasteiger partial charge in [0, 0.05) is 6.54 Å². The molecule has 0 aliphatic heterocycles. The molecule has 0 aliphatic rings. The normalized spacial score (nSPS) is 13.4. The molecule has 0 saturated heterocycles. The van der Waals surface area contributed by atoms with Gasteiger partial charge in [0.05, 0.1) is 34.5 Å². The maximum atomic E-state index is 14.8. The second-order valence-corrected chi connectivity index (χ2v) is 12.6. The van der Waals surface area contributed by atoms with Crippen LogP contribution in [0.25, 0.3) is 0 Å². The van der Waals surface area contributed by atoms with Crippen molar-refractivity contribution in [1.82, 2.24) is 14.9 Å². The van der Waals surface area contributed by atoms with Crippen LogP contribution in [0.2, 0.25) is 0 Å². The number of amides is 1. The van der Waals surface area contributed by atoms with Crippen LogP contribution in [0.3, 0.4) is 0 Å². The number of H-pyrrole nitrogens is 1. The van der Waals surface area contributed by atoms with Crippen molar-refractivity contribution >= 4 is 21.8 Å². The molecule has 4 nitrogen and oxygen atoms in total. The van der Waals surface area contributed by atoms with Crippen LogP contribution in [0.15, 0.2) is 128 Å². The summed E-state index contributed by atoms with van der Waals surface area (Å²) in [6.45, 7) is 6.40. The molecule has 0 fully saturated rings. The highest BCUT2D eigenvalue weighted by atomic mass is 79.9. The molecule has 0 spiro atoms. The lowest BCUT2D eigenvalue weighted by Gasteiger charge is -2.48. The van der Waals surface area contributed by atoms with Crippen LogP contribution in [-0.4, -0.2) is 25.6 Å². The van der Waals surface area contributed by atoms with Gasteiger partial charge in [0.2, 0.25) is 5.91 Å². The molecule has 5 aromatic rings. The quantitative estimate of drug-likeness (QED) is 0.132. The number of alkyl halides is 1. The fourth-order valence-electron chi connectivity index (χ4n) is 5.73. The second kappa shape index (κ2) is 12.5. The number of nitrogens with one attached hydrogen (secondary N) is 1. The maximum Gasteiger partial charge on any atom is 0.237 e. The fraction of sp³-hybridized carbons (Fsp3) is 0.222. The number of imidazole rings is 1. The molecule has 0 radical (unpaired) electrons. The van der Waals surface area contributed by atoms with E-state index in [-0.39, 0.29) is 23.7 Å². The van der Waals surface area contributed by atoms with Crippen molar-refractivity contribution in [3.8, 4) is 0 Å². The Kier molecular flexibility index (Phi) is 8.74. The van der Waals surface area contributed by atoms with Crippen molar-refractivity contribution in [2.75, 3.05) is 0 Å². The highest BCUT2D eigenvalue weighted by Gasteiger charge is 2.50. The lowest BCUT2D eigenvalue weighted by atomic mass is 9.63. The van der Waals surface area contributed by atoms with Gasteiger partial charge in [-0.15, -0.1) is 0 Å². The average Bonchev–Trinajstić information content (AvgIpc) is 3.54. The van der Waals surface area contributed by atoms with E-state index < -0.39 is 16.3 Å². The molecule has 2 atom stereocenters. The van der Waals surface area contributed by atoms with E-state index in [0.29, 0.717) is 0 Å². The monoisotopic (exact) mass is 623 g/mol. The molecule has 1 amide bonds. The molecule has 4 aromatic carbocycles. The van der Waals surface area contributed by atoms with Crippen LogP contribution in [-0.2, 0) is 16.8 Å². The lowest BCUT2D eigenvalue weighted by Crippen LogP contribution is -2.51. The molecule has 0 aliphatic carbocycles. The summed E-state index contributed by atoms with van der Waals surface area (Å²) in [7, 11) is 0. The Labute approximate surface area is 255 Å². The van der Waals surface area contributed by atoms with E-state index in [2.05, 4.69) is 62.3 Å². The Morgan fingerprint density at radius 3 is 1.69 bits per heavy atom. The number of hydrogen-bond donors (Lipinski definition) is 1. The molecule has 6 heteroatoms. The summed E-state index contributed by atoms with van der Waals surface area (Å²) in [6.07, 6.45) is 3.46. The molecule has 42 heavy (non-hydrogen) atoms. The standard InChI is InChI=1S/C36H35BrFN3O/c1-35(2,3)32(37)34(42)41(24-26-19-21-30(38)22-20-26)33(31-23-39-25-40-31)36(27-13-7-4-8-14-27,28-15-9-5-10-16-28)29-17-11-6-12-18-29/h4-23,25,32-33H,24H2,1-3H3,(H,39,40). The Bertz CT molecular complexity index is 1470. The van der Waals surface area contributed by atoms with Crippen molar-refractivity contribution < 1.29 is 9.18 Å². The Morgan fingerprint density at radius 1 is 0.810 bits per heavy atom. The van der Waals surface area contributed by atoms with E-state index in [0.717, 1.165) is 27.9 Å². The molecule has 2 unspecified atom stereocenters. The molecule has 5 rings (SSSR count). The van der Waals surface area contributed by atoms with Crippen molar-refractivity contribution in [3.63, 3.8) is 0 Å². The fourth-order valence-corrected chi connectivity index (χ4v) is 5.99. The molecule has 0 bridgehead atoms. The van der Waals surface area contributed by atoms with Gasteiger partial charge in [0.15, 0.2) is 0 Å². The number of carbonyl (C=O) groups excluding carboxylic acids is 1. The van der Waals surface area contributed by atoms with Crippen LogP contribution in [0.5, 0.6) is 0 Å². The molecule has 0 saturated carbocycles. The van der Waals surface area contributed by atoms with Crippen LogP contribution < -0.4 is 0 Å². The predicted octanol–water partition coefficient (Wildman–Crippen LogP) is 8.46. The Hall–Kier alpha value is -4.03. The molecular formula is C36H35BrFN3O. The number of aromatic amines is 1. The third-order valence-electron chi connectivity index (χ3n) is 7.75. The first-order valence-electron chi connectivity index (χ1n) is 14.1. The average molecular weight is 625 g/mol. The lowest BCUT2D eigenvalue weighted by molar-refractivity contribution is -0.136. The Balaban J connectivity index is 1.88. The minimum atomic E-state index is -0.851. The highest BCUT2D eigenvalue weighted by molar-refractivity contribution is 9.10. The van der Waals surface area contributed by atoms with Crippen LogP contribution in [0.4, 0.5) is 4.39 Å². The first-order chi connectivity index (χ1) is 20.2. The summed E-state index contributed by atoms with van der Waals surface area (Å²) in [6, 6.07) is 36.8. The number of rotatable bonds is 9. The molecule has 1 N–H and O–H groups in total. The van der Waals surface area contributed by atoms with Gasteiger partial charge in [-0.25, -0.2) is 9.37 Å². The minimum absolute atomic E-state index is 0.0707. The third-order valence-corrected chi connectivity index (χ3v) is 9.51. The number of halogens is 2. The number of nitrogens with zero attached hydrogens (tertiary/aromatic N) is 2. The predicted molar refractivity (Wildman–Crippen MR) is 170 cm³/mol. The second-order valence-electron chi connectivity index (χ2n) is 11.6. The van der Waals surface area contributed by atoms with Gasteiger partial charge in [-0.05, 0) is 39.8 Å². The third kappa shape index (κ3) is 5.82. The van der Waals surface area contributed by atoms with E-state index in [1.807, 2.05) is 80.3 Å². The van der Waals surface area contributed by atoms with Gasteiger partial charge in [0.1, 0.15) is 5.82 Å². The van der Waals surface area contributed by atoms with E-state index in [1.54, 1.807) is 24.7 Å². The summed E-state index contributed by atoms with van der Waals surface area (Å²) in [5, 5.41) is 0.